The van der Waals surface area contributed by atoms with Crippen LogP contribution >= 0.6 is 0 Å². The molecule has 0 saturated heterocycles. The Balaban J connectivity index is 2.30. The van der Waals surface area contributed by atoms with Gasteiger partial charge in [0.1, 0.15) is 0 Å². The maximum atomic E-state index is 10.5. The number of nitrogens with one attached hydrogen (secondary N) is 1. The molecule has 0 aromatic carbocycles. The Hall–Kier alpha value is -0.570. The molecule has 13 heavy (non-hydrogen) atoms. The average Bonchev–Trinajstić information content (AvgIpc) is 2.30. The van der Waals surface area contributed by atoms with Gasteiger partial charge in [-0.05, 0) is 23.3 Å². The largest absolute Gasteiger partial charge is 0.369 e. The average molecular weight is 184 g/mol. The maximum Gasteiger partial charge on any atom is 0.231 e. The molecule has 1 aliphatic carbocycles. The molecule has 0 atom stereocenters. The summed E-state index contributed by atoms with van der Waals surface area (Å²) in [6, 6.07) is 0. The summed E-state index contributed by atoms with van der Waals surface area (Å²) in [5, 5.41) is 3.08. The van der Waals surface area contributed by atoms with E-state index < -0.39 is 0 Å². The minimum atomic E-state index is -0.281. The van der Waals surface area contributed by atoms with Crippen molar-refractivity contribution in [2.24, 2.45) is 22.5 Å². The van der Waals surface area contributed by atoms with Gasteiger partial charge in [-0.3, -0.25) is 4.79 Å². The molecule has 0 bridgehead atoms. The van der Waals surface area contributed by atoms with E-state index in [1.807, 2.05) is 0 Å². The molecule has 3 N–H and O–H groups in total. The Morgan fingerprint density at radius 1 is 1.31 bits per heavy atom. The van der Waals surface area contributed by atoms with Gasteiger partial charge in [-0.15, -0.1) is 0 Å². The highest BCUT2D eigenvalue weighted by molar-refractivity contribution is 5.75. The Kier molecular flexibility index (Phi) is 2.41. The lowest BCUT2D eigenvalue weighted by Gasteiger charge is -2.04. The van der Waals surface area contributed by atoms with Gasteiger partial charge in [0, 0.05) is 0 Å². The first-order valence-electron chi connectivity index (χ1n) is 4.79. The van der Waals surface area contributed by atoms with Crippen LogP contribution in [0.5, 0.6) is 0 Å². The number of hydrogen-bond acceptors (Lipinski definition) is 2. The highest BCUT2D eigenvalue weighted by Gasteiger charge is 2.63. The molecule has 76 valence electrons. The number of amides is 1. The summed E-state index contributed by atoms with van der Waals surface area (Å²) < 4.78 is 0. The van der Waals surface area contributed by atoms with Crippen molar-refractivity contribution >= 4 is 5.91 Å². The second-order valence-corrected chi connectivity index (χ2v) is 5.09. The van der Waals surface area contributed by atoms with Crippen LogP contribution in [-0.4, -0.2) is 19.0 Å². The highest BCUT2D eigenvalue weighted by atomic mass is 16.1. The van der Waals surface area contributed by atoms with Crippen LogP contribution in [0.25, 0.3) is 0 Å². The third kappa shape index (κ3) is 1.70. The number of carbonyl (C=O) groups is 1. The Bertz CT molecular complexity index is 207. The SMILES string of the molecule is CC1(C)C(CNCC(N)=O)C1(C)C. The van der Waals surface area contributed by atoms with Gasteiger partial charge in [-0.1, -0.05) is 27.7 Å². The van der Waals surface area contributed by atoms with Gasteiger partial charge >= 0.3 is 0 Å². The first-order valence-corrected chi connectivity index (χ1v) is 4.79. The number of hydrogen-bond donors (Lipinski definition) is 2. The van der Waals surface area contributed by atoms with Crippen LogP contribution in [0.15, 0.2) is 0 Å². The first kappa shape index (κ1) is 10.5. The molecule has 0 unspecified atom stereocenters. The standard InChI is InChI=1S/C10H20N2O/c1-9(2)7(10(9,3)4)5-12-6-8(11)13/h7,12H,5-6H2,1-4H3,(H2,11,13). The minimum Gasteiger partial charge on any atom is -0.369 e. The third-order valence-corrected chi connectivity index (χ3v) is 3.97. The summed E-state index contributed by atoms with van der Waals surface area (Å²) in [5.74, 6) is 0.371. The van der Waals surface area contributed by atoms with E-state index in [0.29, 0.717) is 23.3 Å². The molecular weight excluding hydrogens is 164 g/mol. The summed E-state index contributed by atoms with van der Waals surface area (Å²) in [6.45, 7) is 10.3. The summed E-state index contributed by atoms with van der Waals surface area (Å²) in [6.07, 6.45) is 0. The molecule has 0 radical (unpaired) electrons. The van der Waals surface area contributed by atoms with E-state index in [4.69, 9.17) is 5.73 Å². The zero-order valence-electron chi connectivity index (χ0n) is 8.98. The van der Waals surface area contributed by atoms with E-state index in [1.54, 1.807) is 0 Å². The summed E-state index contributed by atoms with van der Waals surface area (Å²) in [5.41, 5.74) is 5.81. The van der Waals surface area contributed by atoms with E-state index in [1.165, 1.54) is 0 Å². The monoisotopic (exact) mass is 184 g/mol. The molecule has 1 fully saturated rings. The normalized spacial score (nSPS) is 24.3. The fourth-order valence-corrected chi connectivity index (χ4v) is 2.18. The van der Waals surface area contributed by atoms with Crippen molar-refractivity contribution in [3.8, 4) is 0 Å². The summed E-state index contributed by atoms with van der Waals surface area (Å²) in [7, 11) is 0. The van der Waals surface area contributed by atoms with Gasteiger partial charge in [-0.25, -0.2) is 0 Å². The van der Waals surface area contributed by atoms with Gasteiger partial charge in [0.05, 0.1) is 6.54 Å². The maximum absolute atomic E-state index is 10.5. The molecule has 0 aromatic rings. The van der Waals surface area contributed by atoms with Crippen LogP contribution in [0.3, 0.4) is 0 Å². The van der Waals surface area contributed by atoms with Crippen molar-refractivity contribution in [3.63, 3.8) is 0 Å². The lowest BCUT2D eigenvalue weighted by Crippen LogP contribution is -2.30. The van der Waals surface area contributed by atoms with Gasteiger partial charge in [0.2, 0.25) is 5.91 Å². The molecule has 3 heteroatoms. The Labute approximate surface area is 80.1 Å². The zero-order valence-corrected chi connectivity index (χ0v) is 8.98. The predicted octanol–water partition coefficient (Wildman–Crippen LogP) is 0.743. The lowest BCUT2D eigenvalue weighted by atomic mass is 10.0. The molecule has 0 heterocycles. The van der Waals surface area contributed by atoms with E-state index in [2.05, 4.69) is 33.0 Å². The quantitative estimate of drug-likeness (QED) is 0.677. The fraction of sp³-hybridized carbons (Fsp3) is 0.900. The molecule has 1 rings (SSSR count). The molecule has 0 aromatic heterocycles. The van der Waals surface area contributed by atoms with Crippen LogP contribution in [0.1, 0.15) is 27.7 Å². The van der Waals surface area contributed by atoms with Crippen molar-refractivity contribution in [2.45, 2.75) is 27.7 Å². The third-order valence-electron chi connectivity index (χ3n) is 3.97. The zero-order chi connectivity index (χ0) is 10.3. The van der Waals surface area contributed by atoms with Crippen LogP contribution in [0.2, 0.25) is 0 Å². The van der Waals surface area contributed by atoms with E-state index in [-0.39, 0.29) is 5.91 Å². The minimum absolute atomic E-state index is 0.281. The van der Waals surface area contributed by atoms with Crippen molar-refractivity contribution in [1.29, 1.82) is 0 Å². The predicted molar refractivity (Wildman–Crippen MR) is 53.1 cm³/mol. The molecule has 0 aliphatic heterocycles. The Morgan fingerprint density at radius 2 is 1.77 bits per heavy atom. The van der Waals surface area contributed by atoms with Crippen LogP contribution in [0.4, 0.5) is 0 Å². The van der Waals surface area contributed by atoms with Gasteiger partial charge < -0.3 is 11.1 Å². The molecule has 0 spiro atoms. The summed E-state index contributed by atoms with van der Waals surface area (Å²) in [4.78, 5) is 10.5. The number of nitrogens with two attached hydrogens (primary N) is 1. The van der Waals surface area contributed by atoms with Crippen LogP contribution in [-0.2, 0) is 4.79 Å². The number of rotatable bonds is 4. The van der Waals surface area contributed by atoms with Crippen molar-refractivity contribution < 1.29 is 4.79 Å². The Morgan fingerprint density at radius 3 is 2.08 bits per heavy atom. The number of primary amides is 1. The van der Waals surface area contributed by atoms with Gasteiger partial charge in [-0.2, -0.15) is 0 Å². The second kappa shape index (κ2) is 2.98. The smallest absolute Gasteiger partial charge is 0.231 e. The molecule has 1 aliphatic rings. The van der Waals surface area contributed by atoms with E-state index in [0.717, 1.165) is 6.54 Å². The van der Waals surface area contributed by atoms with Crippen molar-refractivity contribution in [1.82, 2.24) is 5.32 Å². The molecule has 1 saturated carbocycles. The molecule has 3 nitrogen and oxygen atoms in total. The van der Waals surface area contributed by atoms with Crippen molar-refractivity contribution in [3.05, 3.63) is 0 Å². The van der Waals surface area contributed by atoms with Crippen molar-refractivity contribution in [2.75, 3.05) is 13.1 Å². The van der Waals surface area contributed by atoms with Crippen LogP contribution in [0, 0.1) is 16.7 Å². The highest BCUT2D eigenvalue weighted by Crippen LogP contribution is 2.67. The number of carbonyl (C=O) groups excluding carboxylic acids is 1. The summed E-state index contributed by atoms with van der Waals surface area (Å²) >= 11 is 0. The van der Waals surface area contributed by atoms with Gasteiger partial charge in [0.25, 0.3) is 0 Å². The molecule has 1 amide bonds. The van der Waals surface area contributed by atoms with E-state index in [9.17, 15) is 4.79 Å². The fourth-order valence-electron chi connectivity index (χ4n) is 2.18. The van der Waals surface area contributed by atoms with Crippen LogP contribution < -0.4 is 11.1 Å². The second-order valence-electron chi connectivity index (χ2n) is 5.09. The topological polar surface area (TPSA) is 55.1 Å². The van der Waals surface area contributed by atoms with E-state index >= 15 is 0 Å². The molecular formula is C10H20N2O. The lowest BCUT2D eigenvalue weighted by molar-refractivity contribution is -0.117. The van der Waals surface area contributed by atoms with Gasteiger partial charge in [0.15, 0.2) is 0 Å². The first-order chi connectivity index (χ1) is 5.80.